The van der Waals surface area contributed by atoms with Crippen molar-refractivity contribution in [3.8, 4) is 0 Å². The molecule has 1 fully saturated rings. The molecule has 0 spiro atoms. The lowest BCUT2D eigenvalue weighted by Gasteiger charge is -2.27. The van der Waals surface area contributed by atoms with Crippen LogP contribution < -0.4 is 0 Å². The molecule has 1 amide bonds. The summed E-state index contributed by atoms with van der Waals surface area (Å²) in [4.78, 5) is 27.9. The van der Waals surface area contributed by atoms with Crippen LogP contribution >= 0.6 is 0 Å². The highest BCUT2D eigenvalue weighted by Gasteiger charge is 2.64. The molecule has 1 aromatic heterocycles. The predicted molar refractivity (Wildman–Crippen MR) is 65.6 cm³/mol. The molecule has 1 aliphatic heterocycles. The molecule has 0 bridgehead atoms. The minimum Gasteiger partial charge on any atom is -0.481 e. The fraction of sp³-hybridized carbons (Fsp3) is 0.462. The first-order chi connectivity index (χ1) is 9.67. The van der Waals surface area contributed by atoms with Crippen molar-refractivity contribution in [3.05, 3.63) is 29.6 Å². The van der Waals surface area contributed by atoms with Crippen LogP contribution in [0.3, 0.4) is 0 Å². The Morgan fingerprint density at radius 1 is 1.38 bits per heavy atom. The van der Waals surface area contributed by atoms with E-state index in [1.165, 1.54) is 18.5 Å². The number of hydrogen-bond donors (Lipinski definition) is 1. The average Bonchev–Trinajstić information content (AvgIpc) is 2.83. The molecule has 8 heteroatoms. The third-order valence-electron chi connectivity index (χ3n) is 3.63. The summed E-state index contributed by atoms with van der Waals surface area (Å²) in [6.07, 6.45) is -2.78. The van der Waals surface area contributed by atoms with Crippen molar-refractivity contribution >= 4 is 11.9 Å². The number of aryl methyl sites for hydroxylation is 1. The minimum absolute atomic E-state index is 0.151. The Balaban J connectivity index is 2.26. The molecule has 21 heavy (non-hydrogen) atoms. The lowest BCUT2D eigenvalue weighted by atomic mass is 9.86. The Morgan fingerprint density at radius 2 is 2.05 bits per heavy atom. The summed E-state index contributed by atoms with van der Waals surface area (Å²) in [5, 5.41) is 8.94. The molecule has 0 radical (unpaired) electrons. The van der Waals surface area contributed by atoms with Crippen LogP contribution in [0.4, 0.5) is 13.2 Å². The predicted octanol–water partition coefficient (Wildman–Crippen LogP) is 1.87. The topological polar surface area (TPSA) is 70.5 Å². The summed E-state index contributed by atoms with van der Waals surface area (Å²) in [5.74, 6) is -2.59. The van der Waals surface area contributed by atoms with Crippen molar-refractivity contribution in [2.45, 2.75) is 19.5 Å². The van der Waals surface area contributed by atoms with Crippen LogP contribution in [0.25, 0.3) is 0 Å². The molecule has 0 saturated carbocycles. The second-order valence-electron chi connectivity index (χ2n) is 5.11. The molecule has 2 rings (SSSR count). The molecule has 1 saturated heterocycles. The lowest BCUT2D eigenvalue weighted by Crippen LogP contribution is -2.47. The summed E-state index contributed by atoms with van der Waals surface area (Å²) >= 11 is 0. The number of pyridine rings is 1. The molecular weight excluding hydrogens is 289 g/mol. The van der Waals surface area contributed by atoms with Gasteiger partial charge in [-0.2, -0.15) is 13.2 Å². The van der Waals surface area contributed by atoms with E-state index in [0.29, 0.717) is 5.56 Å². The normalized spacial score (nSPS) is 22.4. The maximum atomic E-state index is 13.0. The fourth-order valence-corrected chi connectivity index (χ4v) is 2.36. The highest BCUT2D eigenvalue weighted by atomic mass is 19.4. The van der Waals surface area contributed by atoms with Gasteiger partial charge in [-0.1, -0.05) is 0 Å². The summed E-state index contributed by atoms with van der Waals surface area (Å²) in [5.41, 5.74) is -2.04. The molecule has 1 atom stereocenters. The van der Waals surface area contributed by atoms with E-state index < -0.39 is 36.4 Å². The van der Waals surface area contributed by atoms with Crippen molar-refractivity contribution in [2.75, 3.05) is 13.1 Å². The lowest BCUT2D eigenvalue weighted by molar-refractivity contribution is -0.227. The number of aliphatic carboxylic acids is 1. The number of amides is 1. The van der Waals surface area contributed by atoms with E-state index in [-0.39, 0.29) is 12.1 Å². The molecular formula is C13H13F3N2O3. The van der Waals surface area contributed by atoms with Gasteiger partial charge in [0.25, 0.3) is 5.91 Å². The molecule has 114 valence electrons. The van der Waals surface area contributed by atoms with Gasteiger partial charge in [0, 0.05) is 25.5 Å². The number of carboxylic acid groups (broad SMARTS) is 1. The van der Waals surface area contributed by atoms with E-state index in [0.717, 1.165) is 4.90 Å². The van der Waals surface area contributed by atoms with Gasteiger partial charge in [-0.15, -0.1) is 0 Å². The minimum atomic E-state index is -4.90. The van der Waals surface area contributed by atoms with E-state index in [4.69, 9.17) is 5.11 Å². The van der Waals surface area contributed by atoms with Crippen LogP contribution in [0.5, 0.6) is 0 Å². The first kappa shape index (κ1) is 15.3. The fourth-order valence-electron chi connectivity index (χ4n) is 2.36. The smallest absolute Gasteiger partial charge is 0.406 e. The van der Waals surface area contributed by atoms with Crippen molar-refractivity contribution in [1.29, 1.82) is 0 Å². The number of carbonyl (C=O) groups excluding carboxylic acids is 1. The summed E-state index contributed by atoms with van der Waals surface area (Å²) in [6, 6.07) is 1.50. The standard InChI is InChI=1S/C13H13F3N2O3/c1-8-4-9(6-17-5-8)10(19)18-3-2-12(7-18,11(20)21)13(14,15)16/h4-6H,2-3,7H2,1H3,(H,20,21). The summed E-state index contributed by atoms with van der Waals surface area (Å²) in [6.45, 7) is 0.572. The summed E-state index contributed by atoms with van der Waals surface area (Å²) in [7, 11) is 0. The zero-order valence-electron chi connectivity index (χ0n) is 11.1. The molecule has 1 N–H and O–H groups in total. The van der Waals surface area contributed by atoms with Gasteiger partial charge in [0.15, 0.2) is 5.41 Å². The Labute approximate surface area is 118 Å². The number of nitrogens with zero attached hydrogens (tertiary/aromatic N) is 2. The van der Waals surface area contributed by atoms with Gasteiger partial charge >= 0.3 is 12.1 Å². The van der Waals surface area contributed by atoms with E-state index >= 15 is 0 Å². The average molecular weight is 302 g/mol. The van der Waals surface area contributed by atoms with E-state index in [9.17, 15) is 22.8 Å². The number of alkyl halides is 3. The van der Waals surface area contributed by atoms with Crippen molar-refractivity contribution in [2.24, 2.45) is 5.41 Å². The molecule has 2 heterocycles. The zero-order valence-corrected chi connectivity index (χ0v) is 11.1. The second kappa shape index (κ2) is 5.01. The van der Waals surface area contributed by atoms with E-state index in [1.807, 2.05) is 0 Å². The van der Waals surface area contributed by atoms with Crippen LogP contribution in [0.2, 0.25) is 0 Å². The van der Waals surface area contributed by atoms with E-state index in [1.54, 1.807) is 6.92 Å². The molecule has 1 aromatic rings. The molecule has 0 aromatic carbocycles. The maximum Gasteiger partial charge on any atom is 0.406 e. The van der Waals surface area contributed by atoms with Crippen molar-refractivity contribution in [3.63, 3.8) is 0 Å². The van der Waals surface area contributed by atoms with Gasteiger partial charge in [-0.25, -0.2) is 0 Å². The van der Waals surface area contributed by atoms with Gasteiger partial charge < -0.3 is 10.0 Å². The highest BCUT2D eigenvalue weighted by Crippen LogP contribution is 2.45. The SMILES string of the molecule is Cc1cncc(C(=O)N2CCC(C(=O)O)(C(F)(F)F)C2)c1. The van der Waals surface area contributed by atoms with Gasteiger partial charge in [0.2, 0.25) is 0 Å². The van der Waals surface area contributed by atoms with Crippen LogP contribution in [0.1, 0.15) is 22.3 Å². The largest absolute Gasteiger partial charge is 0.481 e. The van der Waals surface area contributed by atoms with Crippen molar-refractivity contribution in [1.82, 2.24) is 9.88 Å². The maximum absolute atomic E-state index is 13.0. The van der Waals surface area contributed by atoms with Crippen LogP contribution in [-0.2, 0) is 4.79 Å². The Morgan fingerprint density at radius 3 is 2.52 bits per heavy atom. The van der Waals surface area contributed by atoms with Gasteiger partial charge in [-0.05, 0) is 25.0 Å². The molecule has 0 aliphatic carbocycles. The van der Waals surface area contributed by atoms with E-state index in [2.05, 4.69) is 4.98 Å². The third kappa shape index (κ3) is 2.57. The Bertz CT molecular complexity index is 588. The van der Waals surface area contributed by atoms with Gasteiger partial charge in [-0.3, -0.25) is 14.6 Å². The Kier molecular flexibility index (Phi) is 3.65. The van der Waals surface area contributed by atoms with Gasteiger partial charge in [0.05, 0.1) is 5.56 Å². The monoisotopic (exact) mass is 302 g/mol. The second-order valence-corrected chi connectivity index (χ2v) is 5.11. The number of hydrogen-bond acceptors (Lipinski definition) is 3. The number of rotatable bonds is 2. The Hall–Kier alpha value is -2.12. The quantitative estimate of drug-likeness (QED) is 0.905. The molecule has 1 unspecified atom stereocenters. The first-order valence-electron chi connectivity index (χ1n) is 6.18. The molecule has 1 aliphatic rings. The summed E-state index contributed by atoms with van der Waals surface area (Å²) < 4.78 is 39.1. The number of halogens is 3. The first-order valence-corrected chi connectivity index (χ1v) is 6.18. The number of likely N-dealkylation sites (tertiary alicyclic amines) is 1. The zero-order chi connectivity index (χ0) is 15.8. The highest BCUT2D eigenvalue weighted by molar-refractivity contribution is 5.95. The number of carbonyl (C=O) groups is 2. The van der Waals surface area contributed by atoms with Crippen LogP contribution in [0, 0.1) is 12.3 Å². The van der Waals surface area contributed by atoms with Crippen molar-refractivity contribution < 1.29 is 27.9 Å². The number of carboxylic acids is 1. The van der Waals surface area contributed by atoms with Gasteiger partial charge in [0.1, 0.15) is 0 Å². The third-order valence-corrected chi connectivity index (χ3v) is 3.63. The number of aromatic nitrogens is 1. The van der Waals surface area contributed by atoms with Crippen LogP contribution in [-0.4, -0.2) is 46.1 Å². The molecule has 5 nitrogen and oxygen atoms in total. The van der Waals surface area contributed by atoms with Crippen LogP contribution in [0.15, 0.2) is 18.5 Å².